The van der Waals surface area contributed by atoms with Crippen LogP contribution in [-0.2, 0) is 5.60 Å². The molecule has 24 heavy (non-hydrogen) atoms. The van der Waals surface area contributed by atoms with Crippen molar-refractivity contribution in [2.24, 2.45) is 0 Å². The van der Waals surface area contributed by atoms with Crippen LogP contribution in [0.15, 0.2) is 54.6 Å². The van der Waals surface area contributed by atoms with Crippen LogP contribution in [0, 0.1) is 0 Å². The van der Waals surface area contributed by atoms with Crippen LogP contribution in [0.3, 0.4) is 0 Å². The van der Waals surface area contributed by atoms with Gasteiger partial charge < -0.3 is 10.4 Å². The third kappa shape index (κ3) is 5.77. The Kier molecular flexibility index (Phi) is 7.48. The minimum atomic E-state index is -0.786. The molecule has 0 saturated carbocycles. The molecule has 0 radical (unpaired) electrons. The predicted octanol–water partition coefficient (Wildman–Crippen LogP) is 5.12. The summed E-state index contributed by atoms with van der Waals surface area (Å²) in [5.74, 6) is 0. The maximum Gasteiger partial charge on any atom is 0.0880 e. The molecule has 0 spiro atoms. The second-order valence-electron chi connectivity index (χ2n) is 6.78. The SMILES string of the molecule is CCCCCCNCCC(C)(O)c1ccc(-c2ccccc2)cc1. The first-order valence-corrected chi connectivity index (χ1v) is 9.22. The van der Waals surface area contributed by atoms with E-state index in [1.54, 1.807) is 0 Å². The number of rotatable bonds is 10. The molecule has 1 unspecified atom stereocenters. The average molecular weight is 325 g/mol. The number of hydrogen-bond donors (Lipinski definition) is 2. The van der Waals surface area contributed by atoms with Crippen molar-refractivity contribution < 1.29 is 5.11 Å². The molecule has 0 aromatic heterocycles. The van der Waals surface area contributed by atoms with Gasteiger partial charge in [-0.15, -0.1) is 0 Å². The number of hydrogen-bond acceptors (Lipinski definition) is 2. The van der Waals surface area contributed by atoms with E-state index < -0.39 is 5.60 Å². The fraction of sp³-hybridized carbons (Fsp3) is 0.455. The molecular weight excluding hydrogens is 294 g/mol. The van der Waals surface area contributed by atoms with Crippen molar-refractivity contribution >= 4 is 0 Å². The number of nitrogens with one attached hydrogen (secondary N) is 1. The Hall–Kier alpha value is -1.64. The van der Waals surface area contributed by atoms with Crippen LogP contribution in [-0.4, -0.2) is 18.2 Å². The van der Waals surface area contributed by atoms with E-state index in [2.05, 4.69) is 36.5 Å². The van der Waals surface area contributed by atoms with Crippen molar-refractivity contribution in [2.45, 2.75) is 51.6 Å². The highest BCUT2D eigenvalue weighted by atomic mass is 16.3. The Bertz CT molecular complexity index is 575. The molecule has 0 amide bonds. The molecule has 0 fully saturated rings. The zero-order valence-corrected chi connectivity index (χ0v) is 15.1. The first-order valence-electron chi connectivity index (χ1n) is 9.22. The smallest absolute Gasteiger partial charge is 0.0880 e. The summed E-state index contributed by atoms with van der Waals surface area (Å²) in [5.41, 5.74) is 2.59. The van der Waals surface area contributed by atoms with Crippen LogP contribution < -0.4 is 5.32 Å². The lowest BCUT2D eigenvalue weighted by atomic mass is 9.91. The minimum Gasteiger partial charge on any atom is -0.385 e. The molecule has 2 rings (SSSR count). The van der Waals surface area contributed by atoms with E-state index in [0.717, 1.165) is 25.1 Å². The van der Waals surface area contributed by atoms with Crippen molar-refractivity contribution in [1.82, 2.24) is 5.32 Å². The minimum absolute atomic E-state index is 0.728. The summed E-state index contributed by atoms with van der Waals surface area (Å²) in [6.07, 6.45) is 5.83. The molecular formula is C22H31NO. The van der Waals surface area contributed by atoms with Gasteiger partial charge >= 0.3 is 0 Å². The average Bonchev–Trinajstić information content (AvgIpc) is 2.62. The van der Waals surface area contributed by atoms with Gasteiger partial charge in [-0.25, -0.2) is 0 Å². The highest BCUT2D eigenvalue weighted by Crippen LogP contribution is 2.27. The van der Waals surface area contributed by atoms with Crippen molar-refractivity contribution in [3.8, 4) is 11.1 Å². The van der Waals surface area contributed by atoms with E-state index in [4.69, 9.17) is 0 Å². The summed E-state index contributed by atoms with van der Waals surface area (Å²) in [5, 5.41) is 14.2. The standard InChI is InChI=1S/C22H31NO/c1-3-4-5-9-17-23-18-16-22(2,24)21-14-12-20(13-15-21)19-10-7-6-8-11-19/h6-8,10-15,23-24H,3-5,9,16-18H2,1-2H3. The van der Waals surface area contributed by atoms with Crippen LogP contribution in [0.1, 0.15) is 51.5 Å². The van der Waals surface area contributed by atoms with Gasteiger partial charge in [-0.3, -0.25) is 0 Å². The van der Waals surface area contributed by atoms with Crippen molar-refractivity contribution in [2.75, 3.05) is 13.1 Å². The molecule has 2 heteroatoms. The van der Waals surface area contributed by atoms with Crippen LogP contribution in [0.4, 0.5) is 0 Å². The number of aliphatic hydroxyl groups is 1. The van der Waals surface area contributed by atoms with Gasteiger partial charge in [0, 0.05) is 0 Å². The second-order valence-corrected chi connectivity index (χ2v) is 6.78. The lowest BCUT2D eigenvalue weighted by Gasteiger charge is -2.24. The van der Waals surface area contributed by atoms with Crippen LogP contribution in [0.2, 0.25) is 0 Å². The quantitative estimate of drug-likeness (QED) is 0.594. The van der Waals surface area contributed by atoms with E-state index in [9.17, 15) is 5.11 Å². The van der Waals surface area contributed by atoms with Crippen LogP contribution in [0.25, 0.3) is 11.1 Å². The van der Waals surface area contributed by atoms with Gasteiger partial charge in [-0.2, -0.15) is 0 Å². The van der Waals surface area contributed by atoms with Gasteiger partial charge in [0.15, 0.2) is 0 Å². The van der Waals surface area contributed by atoms with E-state index in [1.807, 2.05) is 37.3 Å². The van der Waals surface area contributed by atoms with E-state index in [1.165, 1.54) is 36.8 Å². The van der Waals surface area contributed by atoms with Gasteiger partial charge in [-0.1, -0.05) is 80.8 Å². The molecule has 130 valence electrons. The molecule has 0 aliphatic heterocycles. The van der Waals surface area contributed by atoms with Crippen molar-refractivity contribution in [1.29, 1.82) is 0 Å². The van der Waals surface area contributed by atoms with Crippen LogP contribution in [0.5, 0.6) is 0 Å². The van der Waals surface area contributed by atoms with Crippen LogP contribution >= 0.6 is 0 Å². The molecule has 0 bridgehead atoms. The Morgan fingerprint density at radius 3 is 2.17 bits per heavy atom. The third-order valence-corrected chi connectivity index (χ3v) is 4.61. The van der Waals surface area contributed by atoms with E-state index in [0.29, 0.717) is 0 Å². The second kappa shape index (κ2) is 9.61. The zero-order chi connectivity index (χ0) is 17.3. The molecule has 2 nitrogen and oxygen atoms in total. The molecule has 1 atom stereocenters. The summed E-state index contributed by atoms with van der Waals surface area (Å²) in [6, 6.07) is 18.6. The zero-order valence-electron chi connectivity index (χ0n) is 15.1. The summed E-state index contributed by atoms with van der Waals surface area (Å²) in [7, 11) is 0. The highest BCUT2D eigenvalue weighted by molar-refractivity contribution is 5.63. The Morgan fingerprint density at radius 2 is 1.50 bits per heavy atom. The molecule has 0 saturated heterocycles. The monoisotopic (exact) mass is 325 g/mol. The largest absolute Gasteiger partial charge is 0.385 e. The maximum atomic E-state index is 10.7. The highest BCUT2D eigenvalue weighted by Gasteiger charge is 2.22. The summed E-state index contributed by atoms with van der Waals surface area (Å²) in [4.78, 5) is 0. The lowest BCUT2D eigenvalue weighted by molar-refractivity contribution is 0.0480. The lowest BCUT2D eigenvalue weighted by Crippen LogP contribution is -2.28. The summed E-state index contributed by atoms with van der Waals surface area (Å²) >= 11 is 0. The predicted molar refractivity (Wildman–Crippen MR) is 103 cm³/mol. The maximum absolute atomic E-state index is 10.7. The molecule has 2 aromatic carbocycles. The van der Waals surface area contributed by atoms with E-state index in [-0.39, 0.29) is 0 Å². The Morgan fingerprint density at radius 1 is 0.833 bits per heavy atom. The first kappa shape index (κ1) is 18.7. The summed E-state index contributed by atoms with van der Waals surface area (Å²) in [6.45, 7) is 6.03. The van der Waals surface area contributed by atoms with Gasteiger partial charge in [0.2, 0.25) is 0 Å². The van der Waals surface area contributed by atoms with Crippen molar-refractivity contribution in [3.63, 3.8) is 0 Å². The molecule has 2 aromatic rings. The Labute approximate surface area is 146 Å². The normalized spacial score (nSPS) is 13.6. The first-order chi connectivity index (χ1) is 11.6. The molecule has 2 N–H and O–H groups in total. The fourth-order valence-corrected chi connectivity index (χ4v) is 2.93. The Balaban J connectivity index is 1.83. The van der Waals surface area contributed by atoms with Gasteiger partial charge in [-0.05, 0) is 49.5 Å². The summed E-state index contributed by atoms with van der Waals surface area (Å²) < 4.78 is 0. The molecule has 0 aliphatic carbocycles. The fourth-order valence-electron chi connectivity index (χ4n) is 2.93. The van der Waals surface area contributed by atoms with E-state index >= 15 is 0 Å². The van der Waals surface area contributed by atoms with Gasteiger partial charge in [0.1, 0.15) is 0 Å². The number of unbranched alkanes of at least 4 members (excludes halogenated alkanes) is 3. The van der Waals surface area contributed by atoms with Crippen molar-refractivity contribution in [3.05, 3.63) is 60.2 Å². The topological polar surface area (TPSA) is 32.3 Å². The van der Waals surface area contributed by atoms with Gasteiger partial charge in [0.25, 0.3) is 0 Å². The number of benzene rings is 2. The third-order valence-electron chi connectivity index (χ3n) is 4.61. The van der Waals surface area contributed by atoms with Gasteiger partial charge in [0.05, 0.1) is 5.60 Å². The molecule has 0 aliphatic rings. The molecule has 0 heterocycles.